The maximum Gasteiger partial charge on any atom is 0.321 e. The highest BCUT2D eigenvalue weighted by atomic mass is 32.2. The molecular formula is C33H44N4O6S. The summed E-state index contributed by atoms with van der Waals surface area (Å²) in [5.74, 6) is 1.33. The molecule has 2 aromatic carbocycles. The van der Waals surface area contributed by atoms with E-state index in [0.29, 0.717) is 17.7 Å². The summed E-state index contributed by atoms with van der Waals surface area (Å²) >= 11 is 0. The highest BCUT2D eigenvalue weighted by molar-refractivity contribution is 7.87. The molecule has 4 saturated carbocycles. The number of nitrogens with two attached hydrogens (primary N) is 1. The van der Waals surface area contributed by atoms with Crippen molar-refractivity contribution in [3.63, 3.8) is 0 Å². The number of nitrogens with zero attached hydrogens (tertiary/aromatic N) is 2. The zero-order valence-corrected chi connectivity index (χ0v) is 26.6. The fourth-order valence-electron chi connectivity index (χ4n) is 7.60. The Kier molecular flexibility index (Phi) is 9.21. The van der Waals surface area contributed by atoms with Crippen molar-refractivity contribution in [1.29, 1.82) is 0 Å². The number of ether oxygens (including phenoxy) is 1. The van der Waals surface area contributed by atoms with E-state index in [-0.39, 0.29) is 37.0 Å². The molecule has 7 rings (SSSR count). The van der Waals surface area contributed by atoms with Crippen LogP contribution in [-0.4, -0.2) is 65.6 Å². The van der Waals surface area contributed by atoms with Gasteiger partial charge in [0.05, 0.1) is 0 Å². The maximum absolute atomic E-state index is 13.1. The third-order valence-electron chi connectivity index (χ3n) is 9.03. The average molecular weight is 625 g/mol. The summed E-state index contributed by atoms with van der Waals surface area (Å²) in [4.78, 5) is 35.6. The molecule has 44 heavy (non-hydrogen) atoms. The van der Waals surface area contributed by atoms with E-state index < -0.39 is 21.8 Å². The Morgan fingerprint density at radius 3 is 1.91 bits per heavy atom. The quantitative estimate of drug-likeness (QED) is 0.449. The lowest BCUT2D eigenvalue weighted by Crippen LogP contribution is -2.59. The first-order chi connectivity index (χ1) is 20.7. The van der Waals surface area contributed by atoms with Crippen molar-refractivity contribution in [1.82, 2.24) is 13.9 Å². The molecule has 5 fully saturated rings. The second kappa shape index (κ2) is 12.6. The Morgan fingerprint density at radius 1 is 0.864 bits per heavy atom. The first-order valence-electron chi connectivity index (χ1n) is 15.4. The van der Waals surface area contributed by atoms with Gasteiger partial charge in [0.1, 0.15) is 12.1 Å². The molecule has 1 heterocycles. The lowest BCUT2D eigenvalue weighted by molar-refractivity contribution is -0.154. The number of nitrogens with one attached hydrogen (secondary N) is 1. The molecule has 3 N–H and O–H groups in total. The first-order valence-corrected chi connectivity index (χ1v) is 16.8. The SMILES string of the molecule is CC(C)(C)OC(=O)CN1CCN(Cc2ccc(C(=O)NC34CC5CC(CC(C5)C3)C4)cc2)S1(=O)=O.NC(=O)c1ccccc1. The molecule has 4 bridgehead atoms. The van der Waals surface area contributed by atoms with Gasteiger partial charge in [-0.1, -0.05) is 30.3 Å². The molecule has 0 spiro atoms. The number of carbonyl (C=O) groups is 3. The molecule has 0 aromatic heterocycles. The Labute approximate surface area is 260 Å². The minimum Gasteiger partial charge on any atom is -0.459 e. The van der Waals surface area contributed by atoms with Gasteiger partial charge in [0.2, 0.25) is 5.91 Å². The standard InChI is InChI=1S/C26H37N3O5S.C7H7NO/c1-25(2,3)34-23(30)17-29-9-8-28(35(29,32)33)16-18-4-6-22(7-5-18)24(31)27-26-13-19-10-20(14-26)12-21(11-19)15-26;8-7(9)6-4-2-1-3-5-6/h4-7,19-21H,8-17H2,1-3H3,(H,27,31);1-5H,(H2,8,9). The van der Waals surface area contributed by atoms with E-state index in [1.54, 1.807) is 57.2 Å². The van der Waals surface area contributed by atoms with E-state index in [9.17, 15) is 22.8 Å². The summed E-state index contributed by atoms with van der Waals surface area (Å²) < 4.78 is 33.6. The summed E-state index contributed by atoms with van der Waals surface area (Å²) in [5.41, 5.74) is 6.25. The van der Waals surface area contributed by atoms with Crippen molar-refractivity contribution in [3.8, 4) is 0 Å². The van der Waals surface area contributed by atoms with Gasteiger partial charge in [-0.05, 0) is 107 Å². The molecule has 5 aliphatic rings. The normalized spacial score (nSPS) is 27.3. The smallest absolute Gasteiger partial charge is 0.321 e. The number of hydrogen-bond acceptors (Lipinski definition) is 6. The van der Waals surface area contributed by atoms with E-state index in [1.807, 2.05) is 18.2 Å². The van der Waals surface area contributed by atoms with E-state index >= 15 is 0 Å². The Balaban J connectivity index is 0.000000367. The number of amides is 2. The molecule has 4 aliphatic carbocycles. The maximum atomic E-state index is 13.1. The van der Waals surface area contributed by atoms with Gasteiger partial charge in [0.25, 0.3) is 16.1 Å². The Morgan fingerprint density at radius 2 is 1.41 bits per heavy atom. The fraction of sp³-hybridized carbons (Fsp3) is 0.545. The fourth-order valence-corrected chi connectivity index (χ4v) is 9.13. The zero-order valence-electron chi connectivity index (χ0n) is 25.8. The van der Waals surface area contributed by atoms with Crippen molar-refractivity contribution in [3.05, 3.63) is 71.3 Å². The highest BCUT2D eigenvalue weighted by Crippen LogP contribution is 2.55. The van der Waals surface area contributed by atoms with E-state index in [1.165, 1.54) is 23.6 Å². The molecule has 0 atom stereocenters. The summed E-state index contributed by atoms with van der Waals surface area (Å²) in [6.07, 6.45) is 7.32. The summed E-state index contributed by atoms with van der Waals surface area (Å²) in [6, 6.07) is 16.0. The van der Waals surface area contributed by atoms with Gasteiger partial charge in [-0.2, -0.15) is 17.0 Å². The van der Waals surface area contributed by atoms with Crippen LogP contribution in [0, 0.1) is 17.8 Å². The second-order valence-corrected chi connectivity index (χ2v) is 15.8. The van der Waals surface area contributed by atoms with E-state index in [2.05, 4.69) is 5.32 Å². The number of esters is 1. The highest BCUT2D eigenvalue weighted by Gasteiger charge is 2.51. The number of rotatable bonds is 7. The molecule has 0 radical (unpaired) electrons. The third-order valence-corrected chi connectivity index (χ3v) is 11.0. The molecule has 238 valence electrons. The van der Waals surface area contributed by atoms with Crippen molar-refractivity contribution < 1.29 is 27.5 Å². The van der Waals surface area contributed by atoms with Gasteiger partial charge in [0, 0.05) is 36.3 Å². The third kappa shape index (κ3) is 7.68. The predicted molar refractivity (Wildman–Crippen MR) is 167 cm³/mol. The molecular weight excluding hydrogens is 580 g/mol. The average Bonchev–Trinajstić information content (AvgIpc) is 3.20. The van der Waals surface area contributed by atoms with Crippen LogP contribution in [-0.2, 0) is 26.3 Å². The lowest BCUT2D eigenvalue weighted by Gasteiger charge is -2.56. The summed E-state index contributed by atoms with van der Waals surface area (Å²) in [6.45, 7) is 5.71. The minimum atomic E-state index is -3.75. The zero-order chi connectivity index (χ0) is 31.7. The predicted octanol–water partition coefficient (Wildman–Crippen LogP) is 3.87. The van der Waals surface area contributed by atoms with E-state index in [0.717, 1.165) is 46.9 Å². The monoisotopic (exact) mass is 624 g/mol. The van der Waals surface area contributed by atoms with Gasteiger partial charge < -0.3 is 15.8 Å². The van der Waals surface area contributed by atoms with Crippen LogP contribution in [0.15, 0.2) is 54.6 Å². The van der Waals surface area contributed by atoms with Crippen LogP contribution in [0.5, 0.6) is 0 Å². The summed E-state index contributed by atoms with van der Waals surface area (Å²) in [5, 5.41) is 3.39. The van der Waals surface area contributed by atoms with Crippen LogP contribution in [0.3, 0.4) is 0 Å². The topological polar surface area (TPSA) is 139 Å². The Hall–Kier alpha value is -3.28. The lowest BCUT2D eigenvalue weighted by atomic mass is 9.53. The van der Waals surface area contributed by atoms with Crippen molar-refractivity contribution >= 4 is 28.0 Å². The van der Waals surface area contributed by atoms with Crippen molar-refractivity contribution in [2.75, 3.05) is 19.6 Å². The number of benzene rings is 2. The molecule has 1 aliphatic heterocycles. The van der Waals surface area contributed by atoms with E-state index in [4.69, 9.17) is 10.5 Å². The molecule has 2 aromatic rings. The number of hydrogen-bond donors (Lipinski definition) is 2. The first kappa shape index (κ1) is 32.1. The van der Waals surface area contributed by atoms with Crippen LogP contribution in [0.25, 0.3) is 0 Å². The molecule has 1 saturated heterocycles. The molecule has 0 unspecified atom stereocenters. The summed E-state index contributed by atoms with van der Waals surface area (Å²) in [7, 11) is -3.75. The van der Waals surface area contributed by atoms with Gasteiger partial charge >= 0.3 is 5.97 Å². The van der Waals surface area contributed by atoms with Gasteiger partial charge in [-0.3, -0.25) is 14.4 Å². The Bertz CT molecular complexity index is 1430. The van der Waals surface area contributed by atoms with Gasteiger partial charge in [0.15, 0.2) is 0 Å². The second-order valence-electron chi connectivity index (χ2n) is 13.8. The van der Waals surface area contributed by atoms with Crippen LogP contribution < -0.4 is 11.1 Å². The van der Waals surface area contributed by atoms with Crippen LogP contribution in [0.4, 0.5) is 0 Å². The van der Waals surface area contributed by atoms with Crippen LogP contribution in [0.1, 0.15) is 85.6 Å². The largest absolute Gasteiger partial charge is 0.459 e. The molecule has 11 heteroatoms. The van der Waals surface area contributed by atoms with Crippen LogP contribution >= 0.6 is 0 Å². The van der Waals surface area contributed by atoms with Crippen molar-refractivity contribution in [2.24, 2.45) is 23.5 Å². The minimum absolute atomic E-state index is 0.0316. The molecule has 2 amide bonds. The van der Waals surface area contributed by atoms with Crippen LogP contribution in [0.2, 0.25) is 0 Å². The van der Waals surface area contributed by atoms with Gasteiger partial charge in [-0.15, -0.1) is 0 Å². The number of primary amides is 1. The number of carbonyl (C=O) groups excluding carboxylic acids is 3. The van der Waals surface area contributed by atoms with Gasteiger partial charge in [-0.25, -0.2) is 0 Å². The molecule has 10 nitrogen and oxygen atoms in total. The van der Waals surface area contributed by atoms with Crippen molar-refractivity contribution in [2.45, 2.75) is 77.0 Å².